The molecule has 6 fully saturated rings. The van der Waals surface area contributed by atoms with Crippen molar-refractivity contribution in [1.82, 2.24) is 30.0 Å². The minimum atomic E-state index is -4.55. The minimum Gasteiger partial charge on any atom is -0.481 e. The van der Waals surface area contributed by atoms with Gasteiger partial charge >= 0.3 is 6.18 Å². The van der Waals surface area contributed by atoms with Crippen LogP contribution >= 0.6 is 0 Å². The highest BCUT2D eigenvalue weighted by Gasteiger charge is 2.53. The van der Waals surface area contributed by atoms with E-state index in [2.05, 4.69) is 37.5 Å². The van der Waals surface area contributed by atoms with Crippen molar-refractivity contribution in [3.05, 3.63) is 48.2 Å². The molecule has 2 aromatic carbocycles. The number of fused-ring (bicyclic) bond motifs is 2. The van der Waals surface area contributed by atoms with Crippen molar-refractivity contribution in [3.63, 3.8) is 0 Å². The Hall–Kier alpha value is -4.43. The second-order valence-corrected chi connectivity index (χ2v) is 16.5. The number of benzene rings is 2. The Labute approximate surface area is 305 Å². The number of aryl methyl sites for hydroxylation is 1. The van der Waals surface area contributed by atoms with Crippen LogP contribution in [0.4, 0.5) is 24.9 Å². The minimum absolute atomic E-state index is 0.0390. The third kappa shape index (κ3) is 5.54. The maximum Gasteiger partial charge on any atom is 0.422 e. The predicted molar refractivity (Wildman–Crippen MR) is 194 cm³/mol. The number of anilines is 2. The van der Waals surface area contributed by atoms with E-state index in [0.29, 0.717) is 47.0 Å². The van der Waals surface area contributed by atoms with E-state index in [4.69, 9.17) is 19.4 Å². The fourth-order valence-electron chi connectivity index (χ4n) is 9.39. The number of alkyl halides is 3. The molecule has 7 heterocycles. The van der Waals surface area contributed by atoms with Gasteiger partial charge in [0.15, 0.2) is 12.4 Å². The van der Waals surface area contributed by atoms with Gasteiger partial charge in [-0.15, -0.1) is 0 Å². The van der Waals surface area contributed by atoms with Crippen LogP contribution in [0.25, 0.3) is 32.9 Å². The SMILES string of the molecule is C=CC(=O)N1CC2(CCN(c3nc(N4CC(N5CC6(COC6)C5)C4)nc4c(OCC(F)(F)F)c(-c5c(C)ccc6[nH]ncc56)c(C5CC5)cc34)CC2)C1. The van der Waals surface area contributed by atoms with Crippen LogP contribution in [-0.4, -0.2) is 120 Å². The number of H-pyrrole nitrogens is 1. The molecule has 10 rings (SSSR count). The summed E-state index contributed by atoms with van der Waals surface area (Å²) in [7, 11) is 0. The largest absolute Gasteiger partial charge is 0.481 e. The number of rotatable bonds is 8. The van der Waals surface area contributed by atoms with Crippen LogP contribution < -0.4 is 14.5 Å². The zero-order chi connectivity index (χ0) is 36.3. The molecular weight excluding hydrogens is 685 g/mol. The average molecular weight is 729 g/mol. The number of carbonyl (C=O) groups is 1. The Morgan fingerprint density at radius 3 is 2.45 bits per heavy atom. The number of aromatic amines is 1. The molecule has 0 unspecified atom stereocenters. The van der Waals surface area contributed by atoms with Gasteiger partial charge in [-0.05, 0) is 73.4 Å². The van der Waals surface area contributed by atoms with Gasteiger partial charge in [-0.25, -0.2) is 4.98 Å². The van der Waals surface area contributed by atoms with E-state index in [0.717, 1.165) is 112 Å². The molecule has 1 aliphatic carbocycles. The van der Waals surface area contributed by atoms with Gasteiger partial charge in [-0.2, -0.15) is 23.3 Å². The maximum absolute atomic E-state index is 14.1. The normalized spacial score (nSPS) is 22.5. The van der Waals surface area contributed by atoms with Crippen LogP contribution in [0.3, 0.4) is 0 Å². The van der Waals surface area contributed by atoms with Crippen molar-refractivity contribution in [3.8, 4) is 16.9 Å². The molecule has 1 saturated carbocycles. The van der Waals surface area contributed by atoms with Gasteiger partial charge in [0.05, 0.1) is 24.9 Å². The monoisotopic (exact) mass is 728 g/mol. The second-order valence-electron chi connectivity index (χ2n) is 16.5. The summed E-state index contributed by atoms with van der Waals surface area (Å²) in [4.78, 5) is 31.4. The molecule has 278 valence electrons. The molecule has 5 saturated heterocycles. The molecule has 1 N–H and O–H groups in total. The molecule has 53 heavy (non-hydrogen) atoms. The van der Waals surface area contributed by atoms with Crippen LogP contribution in [-0.2, 0) is 9.53 Å². The zero-order valence-electron chi connectivity index (χ0n) is 29.8. The van der Waals surface area contributed by atoms with E-state index in [-0.39, 0.29) is 23.0 Å². The summed E-state index contributed by atoms with van der Waals surface area (Å²) in [6.07, 6.45) is 2.21. The summed E-state index contributed by atoms with van der Waals surface area (Å²) < 4.78 is 53.7. The van der Waals surface area contributed by atoms with E-state index in [1.807, 2.05) is 24.0 Å². The number of halogens is 3. The van der Waals surface area contributed by atoms with Crippen LogP contribution in [0.1, 0.15) is 42.7 Å². The lowest BCUT2D eigenvalue weighted by molar-refractivity contribution is -0.199. The van der Waals surface area contributed by atoms with Gasteiger partial charge in [0.2, 0.25) is 11.9 Å². The molecule has 11 nitrogen and oxygen atoms in total. The Morgan fingerprint density at radius 1 is 1.04 bits per heavy atom. The quantitative estimate of drug-likeness (QED) is 0.238. The highest BCUT2D eigenvalue weighted by molar-refractivity contribution is 6.06. The number of ether oxygens (including phenoxy) is 2. The smallest absolute Gasteiger partial charge is 0.422 e. The molecule has 2 spiro atoms. The van der Waals surface area contributed by atoms with Crippen LogP contribution in [0.2, 0.25) is 0 Å². The number of hydrogen-bond acceptors (Lipinski definition) is 9. The highest BCUT2D eigenvalue weighted by Crippen LogP contribution is 2.53. The number of carbonyl (C=O) groups excluding carboxylic acids is 1. The van der Waals surface area contributed by atoms with Crippen molar-refractivity contribution in [2.45, 2.75) is 50.7 Å². The first-order valence-corrected chi connectivity index (χ1v) is 18.8. The molecule has 0 radical (unpaired) electrons. The molecule has 4 aromatic rings. The summed E-state index contributed by atoms with van der Waals surface area (Å²) in [5.41, 5.74) is 4.94. The van der Waals surface area contributed by atoms with E-state index in [1.54, 1.807) is 6.20 Å². The molecule has 6 aliphatic rings. The van der Waals surface area contributed by atoms with E-state index >= 15 is 0 Å². The maximum atomic E-state index is 14.1. The third-order valence-electron chi connectivity index (χ3n) is 12.6. The summed E-state index contributed by atoms with van der Waals surface area (Å²) in [6.45, 7) is 12.3. The van der Waals surface area contributed by atoms with Gasteiger partial charge in [0.1, 0.15) is 11.3 Å². The molecule has 2 aromatic heterocycles. The molecule has 0 atom stereocenters. The van der Waals surface area contributed by atoms with Gasteiger partial charge < -0.3 is 24.2 Å². The first kappa shape index (κ1) is 33.2. The summed E-state index contributed by atoms with van der Waals surface area (Å²) in [5, 5.41) is 8.89. The lowest BCUT2D eigenvalue weighted by Gasteiger charge is -2.60. The standard InChI is InChI=1S/C39H43F3N8O3/c1-3-30(51)50-16-37(17-50)8-10-47(11-9-37)35-27-12-26(24-5-6-24)32(31-23(2)4-7-29-28(31)13-43-46-29)34(53-22-39(40,41)42)33(27)44-36(45-35)48-14-25(15-48)49-18-38(19-49)20-52-21-38/h3-4,7,12-13,24-25H,1,5-6,8-11,14-22H2,2H3,(H,43,46). The molecule has 5 aliphatic heterocycles. The van der Waals surface area contributed by atoms with Gasteiger partial charge in [0.25, 0.3) is 0 Å². The zero-order valence-corrected chi connectivity index (χ0v) is 29.8. The van der Waals surface area contributed by atoms with Crippen molar-refractivity contribution in [1.29, 1.82) is 0 Å². The second kappa shape index (κ2) is 11.8. The van der Waals surface area contributed by atoms with Crippen molar-refractivity contribution < 1.29 is 27.4 Å². The fourth-order valence-corrected chi connectivity index (χ4v) is 9.39. The lowest BCUT2D eigenvalue weighted by Crippen LogP contribution is -2.73. The highest BCUT2D eigenvalue weighted by atomic mass is 19.4. The Morgan fingerprint density at radius 2 is 1.79 bits per heavy atom. The summed E-state index contributed by atoms with van der Waals surface area (Å²) in [5.74, 6) is 1.54. The predicted octanol–water partition coefficient (Wildman–Crippen LogP) is 5.44. The topological polar surface area (TPSA) is 103 Å². The summed E-state index contributed by atoms with van der Waals surface area (Å²) >= 11 is 0. The lowest BCUT2D eigenvalue weighted by atomic mass is 9.72. The van der Waals surface area contributed by atoms with Crippen LogP contribution in [0.15, 0.2) is 37.1 Å². The Balaban J connectivity index is 1.09. The van der Waals surface area contributed by atoms with Gasteiger partial charge in [0, 0.05) is 85.6 Å². The molecular formula is C39H43F3N8O3. The molecule has 1 amide bonds. The van der Waals surface area contributed by atoms with Crippen molar-refractivity contribution in [2.24, 2.45) is 10.8 Å². The number of aromatic nitrogens is 4. The van der Waals surface area contributed by atoms with E-state index in [1.165, 1.54) is 6.08 Å². The first-order chi connectivity index (χ1) is 25.5. The average Bonchev–Trinajstić information content (AvgIpc) is 3.80. The molecule has 0 bridgehead atoms. The van der Waals surface area contributed by atoms with Crippen molar-refractivity contribution in [2.75, 3.05) is 82.0 Å². The van der Waals surface area contributed by atoms with Gasteiger partial charge in [-0.1, -0.05) is 12.6 Å². The molecule has 14 heteroatoms. The number of amides is 1. The van der Waals surface area contributed by atoms with Crippen molar-refractivity contribution >= 4 is 39.5 Å². The Kier molecular flexibility index (Phi) is 7.37. The fraction of sp³-hybridized carbons (Fsp3) is 0.538. The first-order valence-electron chi connectivity index (χ1n) is 18.8. The third-order valence-corrected chi connectivity index (χ3v) is 12.6. The van der Waals surface area contributed by atoms with Crippen LogP contribution in [0, 0.1) is 17.8 Å². The number of nitrogens with zero attached hydrogens (tertiary/aromatic N) is 7. The number of hydrogen-bond donors (Lipinski definition) is 1. The van der Waals surface area contributed by atoms with E-state index < -0.39 is 12.8 Å². The Bertz CT molecular complexity index is 2130. The summed E-state index contributed by atoms with van der Waals surface area (Å²) in [6, 6.07) is 6.43. The van der Waals surface area contributed by atoms with Gasteiger partial charge in [-0.3, -0.25) is 14.8 Å². The number of likely N-dealkylation sites (tertiary alicyclic amines) is 2. The van der Waals surface area contributed by atoms with Crippen LogP contribution in [0.5, 0.6) is 5.75 Å². The number of nitrogens with one attached hydrogen (secondary N) is 1. The van der Waals surface area contributed by atoms with E-state index in [9.17, 15) is 18.0 Å². The number of piperidine rings is 1.